The number of hydrogen-bond donors (Lipinski definition) is 0. The fourth-order valence-electron chi connectivity index (χ4n) is 2.80. The Labute approximate surface area is 148 Å². The molecule has 0 atom stereocenters. The molecule has 0 amide bonds. The second-order valence-electron chi connectivity index (χ2n) is 5.55. The molecule has 5 heteroatoms. The Hall–Kier alpha value is -2.53. The predicted octanol–water partition coefficient (Wildman–Crippen LogP) is 4.83. The van der Waals surface area contributed by atoms with Gasteiger partial charge in [0.2, 0.25) is 0 Å². The second-order valence-corrected chi connectivity index (χ2v) is 6.47. The van der Waals surface area contributed by atoms with Gasteiger partial charge in [-0.2, -0.15) is 0 Å². The van der Waals surface area contributed by atoms with Crippen LogP contribution in [-0.2, 0) is 0 Å². The lowest BCUT2D eigenvalue weighted by atomic mass is 10.0. The van der Waals surface area contributed by atoms with Crippen molar-refractivity contribution >= 4 is 21.5 Å². The molecular formula is C19H15BrN4. The zero-order valence-corrected chi connectivity index (χ0v) is 14.5. The Morgan fingerprint density at radius 3 is 2.38 bits per heavy atom. The number of benzene rings is 1. The van der Waals surface area contributed by atoms with Crippen molar-refractivity contribution in [3.63, 3.8) is 0 Å². The molecule has 3 aromatic rings. The van der Waals surface area contributed by atoms with Crippen LogP contribution in [0.3, 0.4) is 0 Å². The van der Waals surface area contributed by atoms with Crippen LogP contribution < -0.4 is 0 Å². The van der Waals surface area contributed by atoms with Crippen LogP contribution in [0.1, 0.15) is 18.7 Å². The van der Waals surface area contributed by atoms with Gasteiger partial charge in [0.1, 0.15) is 0 Å². The minimum absolute atomic E-state index is 0.833. The zero-order chi connectivity index (χ0) is 16.4. The summed E-state index contributed by atoms with van der Waals surface area (Å²) in [4.78, 5) is 4.13. The molecule has 0 bridgehead atoms. The summed E-state index contributed by atoms with van der Waals surface area (Å²) < 4.78 is 3.15. The van der Waals surface area contributed by atoms with E-state index in [2.05, 4.69) is 53.9 Å². The van der Waals surface area contributed by atoms with Gasteiger partial charge in [-0.15, -0.1) is 10.2 Å². The van der Waals surface area contributed by atoms with Crippen LogP contribution in [0.4, 0.5) is 0 Å². The lowest BCUT2D eigenvalue weighted by molar-refractivity contribution is 0.962. The normalized spacial score (nSPS) is 13.8. The van der Waals surface area contributed by atoms with Gasteiger partial charge in [0, 0.05) is 22.4 Å². The highest BCUT2D eigenvalue weighted by atomic mass is 79.9. The molecule has 2 aromatic heterocycles. The van der Waals surface area contributed by atoms with Crippen molar-refractivity contribution in [2.75, 3.05) is 0 Å². The molecule has 0 unspecified atom stereocenters. The summed E-state index contributed by atoms with van der Waals surface area (Å²) in [5.74, 6) is 1.72. The minimum Gasteiger partial charge on any atom is -0.275 e. The molecule has 0 N–H and O–H groups in total. The summed E-state index contributed by atoms with van der Waals surface area (Å²) in [5, 5.41) is 8.97. The van der Waals surface area contributed by atoms with E-state index in [0.717, 1.165) is 40.2 Å². The van der Waals surface area contributed by atoms with Crippen molar-refractivity contribution in [2.24, 2.45) is 0 Å². The van der Waals surface area contributed by atoms with Crippen LogP contribution in [0.25, 0.3) is 22.6 Å². The third kappa shape index (κ3) is 2.83. The molecule has 2 heterocycles. The van der Waals surface area contributed by atoms with Crippen LogP contribution in [0, 0.1) is 0 Å². The van der Waals surface area contributed by atoms with Crippen molar-refractivity contribution in [2.45, 2.75) is 12.8 Å². The molecule has 118 valence electrons. The van der Waals surface area contributed by atoms with Crippen molar-refractivity contribution in [1.29, 1.82) is 0 Å². The first kappa shape index (κ1) is 15.0. The SMILES string of the molecule is Brc1ccc(-c2nnc(C3=CC=CCC3)n2-c2ccncc2)cc1. The molecule has 4 rings (SSSR count). The van der Waals surface area contributed by atoms with E-state index in [1.54, 1.807) is 12.4 Å². The Kier molecular flexibility index (Phi) is 4.09. The molecule has 4 nitrogen and oxygen atoms in total. The van der Waals surface area contributed by atoms with Crippen molar-refractivity contribution in [3.05, 3.63) is 77.3 Å². The number of pyridine rings is 1. The predicted molar refractivity (Wildman–Crippen MR) is 98.6 cm³/mol. The van der Waals surface area contributed by atoms with Gasteiger partial charge in [0.25, 0.3) is 0 Å². The number of allylic oxidation sites excluding steroid dienone is 4. The van der Waals surface area contributed by atoms with E-state index < -0.39 is 0 Å². The molecule has 1 aliphatic carbocycles. The number of halogens is 1. The fourth-order valence-corrected chi connectivity index (χ4v) is 3.07. The maximum Gasteiger partial charge on any atom is 0.168 e. The average molecular weight is 379 g/mol. The Morgan fingerprint density at radius 2 is 1.67 bits per heavy atom. The number of aromatic nitrogens is 4. The third-order valence-corrected chi connectivity index (χ3v) is 4.52. The molecule has 0 spiro atoms. The maximum absolute atomic E-state index is 4.49. The highest BCUT2D eigenvalue weighted by molar-refractivity contribution is 9.10. The smallest absolute Gasteiger partial charge is 0.168 e. The van der Waals surface area contributed by atoms with Gasteiger partial charge >= 0.3 is 0 Å². The molecular weight excluding hydrogens is 364 g/mol. The van der Waals surface area contributed by atoms with Crippen LogP contribution in [0.5, 0.6) is 0 Å². The Morgan fingerprint density at radius 1 is 0.917 bits per heavy atom. The lowest BCUT2D eigenvalue weighted by Gasteiger charge is -2.13. The lowest BCUT2D eigenvalue weighted by Crippen LogP contribution is -2.04. The third-order valence-electron chi connectivity index (χ3n) is 3.99. The molecule has 24 heavy (non-hydrogen) atoms. The second kappa shape index (κ2) is 6.53. The Balaban J connectivity index is 1.91. The van der Waals surface area contributed by atoms with Gasteiger partial charge in [0.05, 0.1) is 5.69 Å². The number of hydrogen-bond acceptors (Lipinski definition) is 3. The van der Waals surface area contributed by atoms with Gasteiger partial charge in [-0.05, 0) is 42.7 Å². The van der Waals surface area contributed by atoms with Crippen molar-refractivity contribution in [1.82, 2.24) is 19.7 Å². The summed E-state index contributed by atoms with van der Waals surface area (Å²) in [6.07, 6.45) is 12.0. The first-order valence-corrected chi connectivity index (χ1v) is 8.60. The van der Waals surface area contributed by atoms with Crippen molar-refractivity contribution in [3.8, 4) is 17.1 Å². The minimum atomic E-state index is 0.833. The molecule has 0 saturated heterocycles. The van der Waals surface area contributed by atoms with Gasteiger partial charge in [0.15, 0.2) is 11.6 Å². The van der Waals surface area contributed by atoms with E-state index in [4.69, 9.17) is 0 Å². The summed E-state index contributed by atoms with van der Waals surface area (Å²) in [6.45, 7) is 0. The average Bonchev–Trinajstić information content (AvgIpc) is 3.09. The van der Waals surface area contributed by atoms with Crippen LogP contribution in [0.2, 0.25) is 0 Å². The van der Waals surface area contributed by atoms with Crippen LogP contribution in [-0.4, -0.2) is 19.7 Å². The Bertz CT molecular complexity index is 908. The monoisotopic (exact) mass is 378 g/mol. The highest BCUT2D eigenvalue weighted by Crippen LogP contribution is 2.29. The standard InChI is InChI=1S/C19H15BrN4/c20-16-8-6-15(7-9-16)19-23-22-18(14-4-2-1-3-5-14)24(19)17-10-12-21-13-11-17/h1-2,4,6-13H,3,5H2. The quantitative estimate of drug-likeness (QED) is 0.655. The number of nitrogens with zero attached hydrogens (tertiary/aromatic N) is 4. The molecule has 0 radical (unpaired) electrons. The molecule has 1 aliphatic rings. The maximum atomic E-state index is 4.49. The van der Waals surface area contributed by atoms with E-state index in [1.165, 1.54) is 5.57 Å². The first-order valence-electron chi connectivity index (χ1n) is 7.81. The zero-order valence-electron chi connectivity index (χ0n) is 12.9. The van der Waals surface area contributed by atoms with E-state index in [9.17, 15) is 0 Å². The fraction of sp³-hybridized carbons (Fsp3) is 0.105. The summed E-state index contributed by atoms with van der Waals surface area (Å²) in [7, 11) is 0. The summed E-state index contributed by atoms with van der Waals surface area (Å²) >= 11 is 3.48. The van der Waals surface area contributed by atoms with Crippen LogP contribution >= 0.6 is 15.9 Å². The van der Waals surface area contributed by atoms with E-state index >= 15 is 0 Å². The van der Waals surface area contributed by atoms with E-state index in [1.807, 2.05) is 36.4 Å². The van der Waals surface area contributed by atoms with Gasteiger partial charge < -0.3 is 0 Å². The van der Waals surface area contributed by atoms with Gasteiger partial charge in [-0.25, -0.2) is 0 Å². The topological polar surface area (TPSA) is 43.6 Å². The van der Waals surface area contributed by atoms with Gasteiger partial charge in [-0.3, -0.25) is 9.55 Å². The summed E-state index contributed by atoms with van der Waals surface area (Å²) in [5.41, 5.74) is 3.24. The first-order chi connectivity index (χ1) is 11.8. The highest BCUT2D eigenvalue weighted by Gasteiger charge is 2.18. The van der Waals surface area contributed by atoms with Gasteiger partial charge in [-0.1, -0.05) is 46.3 Å². The van der Waals surface area contributed by atoms with E-state index in [-0.39, 0.29) is 0 Å². The van der Waals surface area contributed by atoms with E-state index in [0.29, 0.717) is 0 Å². The molecule has 1 aromatic carbocycles. The molecule has 0 fully saturated rings. The summed E-state index contributed by atoms with van der Waals surface area (Å²) in [6, 6.07) is 12.1. The van der Waals surface area contributed by atoms with Crippen LogP contribution in [0.15, 0.2) is 71.5 Å². The molecule has 0 saturated carbocycles. The largest absolute Gasteiger partial charge is 0.275 e. The number of rotatable bonds is 3. The van der Waals surface area contributed by atoms with Crippen molar-refractivity contribution < 1.29 is 0 Å². The molecule has 0 aliphatic heterocycles.